The first-order valence-electron chi connectivity index (χ1n) is 7.56. The van der Waals surface area contributed by atoms with Gasteiger partial charge in [-0.1, -0.05) is 0 Å². The molecule has 5 atom stereocenters. The van der Waals surface area contributed by atoms with E-state index in [2.05, 4.69) is 14.2 Å². The summed E-state index contributed by atoms with van der Waals surface area (Å²) in [6.07, 6.45) is -7.88. The maximum absolute atomic E-state index is 12.7. The van der Waals surface area contributed by atoms with E-state index in [1.54, 1.807) is 0 Å². The predicted molar refractivity (Wildman–Crippen MR) is 80.5 cm³/mol. The number of nitrogens with one attached hydrogen (secondary N) is 1. The van der Waals surface area contributed by atoms with E-state index >= 15 is 0 Å². The van der Waals surface area contributed by atoms with Crippen molar-refractivity contribution in [2.75, 3.05) is 6.61 Å². The number of halogens is 3. The summed E-state index contributed by atoms with van der Waals surface area (Å²) in [5.41, 5.74) is -5.83. The fourth-order valence-electron chi connectivity index (χ4n) is 2.29. The molecule has 162 valence electrons. The molecule has 1 fully saturated rings. The van der Waals surface area contributed by atoms with Gasteiger partial charge in [0, 0.05) is 20.8 Å². The van der Waals surface area contributed by atoms with Crippen LogP contribution in [-0.4, -0.2) is 74.1 Å². The standard InChI is InChI=1S/C13H18F3NO10S/c1-5(18)17-9-11(25-7(3)20)10(27-28(22,23)13(14,15)16)8(26-12(9)21)4-24-6(2)19/h8-12,21H,4H2,1-3H3,(H,17,18)/t8-,9+,10-,11-,12+/m1/s1. The van der Waals surface area contributed by atoms with E-state index in [1.807, 2.05) is 0 Å². The van der Waals surface area contributed by atoms with E-state index in [0.29, 0.717) is 0 Å². The summed E-state index contributed by atoms with van der Waals surface area (Å²) in [5, 5.41) is 12.1. The molecule has 2 N–H and O–H groups in total. The number of ether oxygens (including phenoxy) is 3. The topological polar surface area (TPSA) is 155 Å². The van der Waals surface area contributed by atoms with Gasteiger partial charge in [-0.3, -0.25) is 18.6 Å². The highest BCUT2D eigenvalue weighted by Crippen LogP contribution is 2.32. The summed E-state index contributed by atoms with van der Waals surface area (Å²) in [4.78, 5) is 33.6. The third-order valence-corrected chi connectivity index (χ3v) is 4.35. The molecule has 0 radical (unpaired) electrons. The molecular formula is C13H18F3NO10S. The number of aliphatic hydroxyl groups is 1. The van der Waals surface area contributed by atoms with Crippen LogP contribution in [0, 0.1) is 0 Å². The molecule has 0 aromatic carbocycles. The first-order valence-corrected chi connectivity index (χ1v) is 8.97. The van der Waals surface area contributed by atoms with Crippen LogP contribution in [0.4, 0.5) is 13.2 Å². The number of carbonyl (C=O) groups excluding carboxylic acids is 3. The smallest absolute Gasteiger partial charge is 0.463 e. The molecule has 11 nitrogen and oxygen atoms in total. The number of esters is 2. The third-order valence-electron chi connectivity index (χ3n) is 3.31. The van der Waals surface area contributed by atoms with E-state index in [1.165, 1.54) is 0 Å². The van der Waals surface area contributed by atoms with Crippen molar-refractivity contribution in [2.24, 2.45) is 0 Å². The minimum atomic E-state index is -6.21. The highest BCUT2D eigenvalue weighted by Gasteiger charge is 2.56. The molecule has 0 spiro atoms. The van der Waals surface area contributed by atoms with Gasteiger partial charge in [0.1, 0.15) is 24.9 Å². The Kier molecular flexibility index (Phi) is 7.75. The quantitative estimate of drug-likeness (QED) is 0.298. The van der Waals surface area contributed by atoms with Crippen LogP contribution in [0.5, 0.6) is 0 Å². The van der Waals surface area contributed by atoms with Gasteiger partial charge in [-0.25, -0.2) is 0 Å². The normalized spacial score (nSPS) is 28.3. The maximum atomic E-state index is 12.7. The van der Waals surface area contributed by atoms with Gasteiger partial charge in [-0.2, -0.15) is 21.6 Å². The summed E-state index contributed by atoms with van der Waals surface area (Å²) >= 11 is 0. The Bertz CT molecular complexity index is 710. The largest absolute Gasteiger partial charge is 0.523 e. The number of rotatable bonds is 6. The van der Waals surface area contributed by atoms with Gasteiger partial charge >= 0.3 is 27.6 Å². The lowest BCUT2D eigenvalue weighted by atomic mass is 9.96. The van der Waals surface area contributed by atoms with Gasteiger partial charge in [0.15, 0.2) is 12.4 Å². The lowest BCUT2D eigenvalue weighted by Crippen LogP contribution is -2.66. The number of hydrogen-bond donors (Lipinski definition) is 2. The average molecular weight is 437 g/mol. The van der Waals surface area contributed by atoms with Gasteiger partial charge in [-0.05, 0) is 0 Å². The van der Waals surface area contributed by atoms with Crippen LogP contribution in [0.2, 0.25) is 0 Å². The summed E-state index contributed by atoms with van der Waals surface area (Å²) in [6.45, 7) is 1.94. The molecule has 1 amide bonds. The zero-order valence-corrected chi connectivity index (χ0v) is 15.6. The highest BCUT2D eigenvalue weighted by atomic mass is 32.2. The molecule has 1 saturated heterocycles. The summed E-state index contributed by atoms with van der Waals surface area (Å²) in [7, 11) is -6.21. The number of amides is 1. The van der Waals surface area contributed by atoms with E-state index in [9.17, 15) is 41.1 Å². The Labute approximate surface area is 157 Å². The van der Waals surface area contributed by atoms with Crippen LogP contribution >= 0.6 is 0 Å². The van der Waals surface area contributed by atoms with Crippen molar-refractivity contribution in [3.63, 3.8) is 0 Å². The number of aliphatic hydroxyl groups excluding tert-OH is 1. The van der Waals surface area contributed by atoms with Gasteiger partial charge in [0.2, 0.25) is 5.91 Å². The van der Waals surface area contributed by atoms with Crippen molar-refractivity contribution in [3.05, 3.63) is 0 Å². The monoisotopic (exact) mass is 437 g/mol. The van der Waals surface area contributed by atoms with Crippen LogP contribution in [0.15, 0.2) is 0 Å². The van der Waals surface area contributed by atoms with Crippen LogP contribution < -0.4 is 5.32 Å². The molecule has 0 aliphatic carbocycles. The zero-order chi connectivity index (χ0) is 21.9. The third kappa shape index (κ3) is 6.29. The van der Waals surface area contributed by atoms with Gasteiger partial charge in [0.05, 0.1) is 0 Å². The van der Waals surface area contributed by atoms with Crippen molar-refractivity contribution in [1.82, 2.24) is 5.32 Å². The molecule has 0 unspecified atom stereocenters. The molecular weight excluding hydrogens is 419 g/mol. The molecule has 0 saturated carbocycles. The van der Waals surface area contributed by atoms with Crippen LogP contribution in [0.25, 0.3) is 0 Å². The molecule has 0 aromatic heterocycles. The molecule has 28 heavy (non-hydrogen) atoms. The Balaban J connectivity index is 3.35. The second-order valence-electron chi connectivity index (χ2n) is 5.63. The second-order valence-corrected chi connectivity index (χ2v) is 7.19. The predicted octanol–water partition coefficient (Wildman–Crippen LogP) is -1.06. The van der Waals surface area contributed by atoms with Crippen LogP contribution in [-0.2, 0) is 42.9 Å². The lowest BCUT2D eigenvalue weighted by Gasteiger charge is -2.43. The number of carbonyl (C=O) groups is 3. The van der Waals surface area contributed by atoms with Gasteiger partial charge in [-0.15, -0.1) is 0 Å². The van der Waals surface area contributed by atoms with Crippen LogP contribution in [0.1, 0.15) is 20.8 Å². The average Bonchev–Trinajstić information content (AvgIpc) is 2.49. The first kappa shape index (κ1) is 24.1. The minimum absolute atomic E-state index is 0.805. The minimum Gasteiger partial charge on any atom is -0.463 e. The Hall–Kier alpha value is -1.97. The second kappa shape index (κ2) is 9.02. The fraction of sp³-hybridized carbons (Fsp3) is 0.769. The highest BCUT2D eigenvalue weighted by molar-refractivity contribution is 7.87. The van der Waals surface area contributed by atoms with E-state index in [-0.39, 0.29) is 0 Å². The van der Waals surface area contributed by atoms with Crippen molar-refractivity contribution in [2.45, 2.75) is 56.9 Å². The Morgan fingerprint density at radius 3 is 2.11 bits per heavy atom. The summed E-state index contributed by atoms with van der Waals surface area (Å²) in [5.74, 6) is -2.79. The van der Waals surface area contributed by atoms with Crippen molar-refractivity contribution in [1.29, 1.82) is 0 Å². The van der Waals surface area contributed by atoms with E-state index < -0.39 is 70.7 Å². The Morgan fingerprint density at radius 2 is 1.68 bits per heavy atom. The summed E-state index contributed by atoms with van der Waals surface area (Å²) < 4.78 is 79.6. The van der Waals surface area contributed by atoms with E-state index in [0.717, 1.165) is 20.8 Å². The molecule has 15 heteroatoms. The van der Waals surface area contributed by atoms with Crippen LogP contribution in [0.3, 0.4) is 0 Å². The molecule has 1 heterocycles. The zero-order valence-electron chi connectivity index (χ0n) is 14.8. The number of alkyl halides is 3. The van der Waals surface area contributed by atoms with Gasteiger partial charge in [0.25, 0.3) is 0 Å². The van der Waals surface area contributed by atoms with E-state index in [4.69, 9.17) is 9.47 Å². The molecule has 0 aromatic rings. The summed E-state index contributed by atoms with van der Waals surface area (Å²) in [6, 6.07) is -1.68. The van der Waals surface area contributed by atoms with Crippen molar-refractivity contribution in [3.8, 4) is 0 Å². The maximum Gasteiger partial charge on any atom is 0.523 e. The molecule has 1 rings (SSSR count). The number of hydrogen-bond acceptors (Lipinski definition) is 10. The first-order chi connectivity index (χ1) is 12.7. The molecule has 1 aliphatic heterocycles. The SMILES string of the molecule is CC(=O)N[C@H]1[C@@H](OC(C)=O)[C@H](OS(=O)(=O)C(F)(F)F)[C@@H](COC(C)=O)O[C@@H]1O. The fourth-order valence-corrected chi connectivity index (χ4v) is 2.93. The van der Waals surface area contributed by atoms with Crippen molar-refractivity contribution < 1.29 is 59.5 Å². The Morgan fingerprint density at radius 1 is 1.11 bits per heavy atom. The molecule has 1 aliphatic rings. The van der Waals surface area contributed by atoms with Crippen molar-refractivity contribution >= 4 is 28.0 Å². The molecule has 0 bridgehead atoms. The van der Waals surface area contributed by atoms with Gasteiger partial charge < -0.3 is 24.6 Å². The lowest BCUT2D eigenvalue weighted by molar-refractivity contribution is -0.255.